The van der Waals surface area contributed by atoms with Gasteiger partial charge in [0.25, 0.3) is 0 Å². The maximum atomic E-state index is 11.3. The summed E-state index contributed by atoms with van der Waals surface area (Å²) in [4.78, 5) is 23.3. The van der Waals surface area contributed by atoms with Gasteiger partial charge < -0.3 is 4.74 Å². The van der Waals surface area contributed by atoms with Crippen molar-refractivity contribution >= 4 is 5.97 Å². The highest BCUT2D eigenvalue weighted by atomic mass is 16.5. The molecule has 0 amide bonds. The summed E-state index contributed by atoms with van der Waals surface area (Å²) in [6, 6.07) is 3.59. The molecule has 0 N–H and O–H groups in total. The van der Waals surface area contributed by atoms with Gasteiger partial charge >= 0.3 is 5.97 Å². The fourth-order valence-electron chi connectivity index (χ4n) is 1.23. The van der Waals surface area contributed by atoms with Crippen molar-refractivity contribution in [2.75, 3.05) is 7.11 Å². The third-order valence-corrected chi connectivity index (χ3v) is 2.01. The van der Waals surface area contributed by atoms with Gasteiger partial charge in [0, 0.05) is 18.0 Å². The molecule has 2 aromatic heterocycles. The fraction of sp³-hybridized carbons (Fsp3) is 0.0909. The molecule has 0 bridgehead atoms. The van der Waals surface area contributed by atoms with Crippen molar-refractivity contribution in [3.63, 3.8) is 0 Å². The molecule has 0 aliphatic carbocycles. The lowest BCUT2D eigenvalue weighted by Crippen LogP contribution is -2.05. The Balaban J connectivity index is 2.40. The van der Waals surface area contributed by atoms with Crippen LogP contribution < -0.4 is 0 Å². The summed E-state index contributed by atoms with van der Waals surface area (Å²) in [7, 11) is 1.31. The average molecular weight is 215 g/mol. The molecule has 0 radical (unpaired) electrons. The zero-order valence-corrected chi connectivity index (χ0v) is 8.62. The predicted octanol–water partition coefficient (Wildman–Crippen LogP) is 1.33. The second kappa shape index (κ2) is 4.48. The van der Waals surface area contributed by atoms with E-state index < -0.39 is 5.97 Å². The SMILES string of the molecule is COC(=O)c1cncc(-c2ccncc2)n1. The Hall–Kier alpha value is -2.30. The number of carbonyl (C=O) groups excluding carboxylic acids is 1. The molecule has 0 unspecified atom stereocenters. The number of hydrogen-bond acceptors (Lipinski definition) is 5. The summed E-state index contributed by atoms with van der Waals surface area (Å²) in [5.74, 6) is -0.497. The predicted molar refractivity (Wildman–Crippen MR) is 56.6 cm³/mol. The number of carbonyl (C=O) groups is 1. The Bertz CT molecular complexity index is 500. The number of esters is 1. The van der Waals surface area contributed by atoms with Gasteiger partial charge in [-0.3, -0.25) is 9.97 Å². The van der Waals surface area contributed by atoms with Crippen molar-refractivity contribution in [2.24, 2.45) is 0 Å². The van der Waals surface area contributed by atoms with E-state index >= 15 is 0 Å². The first-order valence-electron chi connectivity index (χ1n) is 4.62. The largest absolute Gasteiger partial charge is 0.464 e. The number of pyridine rings is 1. The quantitative estimate of drug-likeness (QED) is 0.707. The van der Waals surface area contributed by atoms with E-state index in [2.05, 4.69) is 19.7 Å². The average Bonchev–Trinajstić information content (AvgIpc) is 2.39. The normalized spacial score (nSPS) is 9.81. The first-order valence-corrected chi connectivity index (χ1v) is 4.62. The molecule has 0 spiro atoms. The van der Waals surface area contributed by atoms with Crippen molar-refractivity contribution in [1.29, 1.82) is 0 Å². The summed E-state index contributed by atoms with van der Waals surface area (Å²) in [5, 5.41) is 0. The van der Waals surface area contributed by atoms with E-state index in [0.717, 1.165) is 5.56 Å². The van der Waals surface area contributed by atoms with E-state index in [4.69, 9.17) is 0 Å². The van der Waals surface area contributed by atoms with Gasteiger partial charge in [-0.15, -0.1) is 0 Å². The molecule has 5 heteroatoms. The minimum atomic E-state index is -0.497. The van der Waals surface area contributed by atoms with Gasteiger partial charge in [-0.25, -0.2) is 9.78 Å². The number of methoxy groups -OCH3 is 1. The molecule has 0 fully saturated rings. The van der Waals surface area contributed by atoms with Crippen LogP contribution in [0.4, 0.5) is 0 Å². The highest BCUT2D eigenvalue weighted by molar-refractivity contribution is 5.87. The molecule has 0 saturated heterocycles. The Kier molecular flexibility index (Phi) is 2.86. The summed E-state index contributed by atoms with van der Waals surface area (Å²) >= 11 is 0. The second-order valence-corrected chi connectivity index (χ2v) is 3.02. The summed E-state index contributed by atoms with van der Waals surface area (Å²) in [5.41, 5.74) is 1.66. The Morgan fingerprint density at radius 1 is 1.19 bits per heavy atom. The van der Waals surface area contributed by atoms with Crippen LogP contribution in [0.15, 0.2) is 36.9 Å². The van der Waals surface area contributed by atoms with Crippen LogP contribution in [0, 0.1) is 0 Å². The van der Waals surface area contributed by atoms with Crippen molar-refractivity contribution < 1.29 is 9.53 Å². The molecule has 0 aromatic carbocycles. The van der Waals surface area contributed by atoms with Gasteiger partial charge in [0.1, 0.15) is 0 Å². The highest BCUT2D eigenvalue weighted by Gasteiger charge is 2.09. The zero-order valence-electron chi connectivity index (χ0n) is 8.62. The summed E-state index contributed by atoms with van der Waals surface area (Å²) < 4.78 is 4.57. The Labute approximate surface area is 92.2 Å². The molecule has 2 aromatic rings. The van der Waals surface area contributed by atoms with Crippen LogP contribution in [0.25, 0.3) is 11.3 Å². The van der Waals surface area contributed by atoms with E-state index in [1.807, 2.05) is 0 Å². The van der Waals surface area contributed by atoms with Crippen LogP contribution in [0.3, 0.4) is 0 Å². The fourth-order valence-corrected chi connectivity index (χ4v) is 1.23. The molecule has 2 rings (SSSR count). The summed E-state index contributed by atoms with van der Waals surface area (Å²) in [6.45, 7) is 0. The van der Waals surface area contributed by atoms with Crippen LogP contribution >= 0.6 is 0 Å². The molecular formula is C11H9N3O2. The Morgan fingerprint density at radius 2 is 1.94 bits per heavy atom. The molecule has 5 nitrogen and oxygen atoms in total. The summed E-state index contributed by atoms with van der Waals surface area (Å²) in [6.07, 6.45) is 6.27. The molecule has 0 atom stereocenters. The lowest BCUT2D eigenvalue weighted by molar-refractivity contribution is 0.0593. The third-order valence-electron chi connectivity index (χ3n) is 2.01. The van der Waals surface area contributed by atoms with E-state index in [0.29, 0.717) is 5.69 Å². The number of aromatic nitrogens is 3. The first-order chi connectivity index (χ1) is 7.81. The van der Waals surface area contributed by atoms with E-state index in [1.54, 1.807) is 30.7 Å². The standard InChI is InChI=1S/C11H9N3O2/c1-16-11(15)10-7-13-6-9(14-10)8-2-4-12-5-3-8/h2-7H,1H3. The van der Waals surface area contributed by atoms with Crippen LogP contribution in [-0.2, 0) is 4.74 Å². The van der Waals surface area contributed by atoms with Crippen LogP contribution in [-0.4, -0.2) is 28.0 Å². The first kappa shape index (κ1) is 10.2. The van der Waals surface area contributed by atoms with Crippen molar-refractivity contribution in [3.05, 3.63) is 42.6 Å². The molecule has 16 heavy (non-hydrogen) atoms. The number of ether oxygens (including phenoxy) is 1. The highest BCUT2D eigenvalue weighted by Crippen LogP contribution is 2.14. The minimum absolute atomic E-state index is 0.191. The van der Waals surface area contributed by atoms with Crippen molar-refractivity contribution in [1.82, 2.24) is 15.0 Å². The van der Waals surface area contributed by atoms with Gasteiger partial charge in [-0.05, 0) is 12.1 Å². The van der Waals surface area contributed by atoms with Gasteiger partial charge in [0.15, 0.2) is 5.69 Å². The molecule has 0 aliphatic rings. The van der Waals surface area contributed by atoms with Crippen molar-refractivity contribution in [3.8, 4) is 11.3 Å². The van der Waals surface area contributed by atoms with Gasteiger partial charge in [-0.2, -0.15) is 0 Å². The van der Waals surface area contributed by atoms with Gasteiger partial charge in [0.05, 0.1) is 25.2 Å². The smallest absolute Gasteiger partial charge is 0.358 e. The molecule has 0 aliphatic heterocycles. The van der Waals surface area contributed by atoms with Gasteiger partial charge in [-0.1, -0.05) is 0 Å². The lowest BCUT2D eigenvalue weighted by atomic mass is 10.2. The van der Waals surface area contributed by atoms with Crippen LogP contribution in [0.2, 0.25) is 0 Å². The minimum Gasteiger partial charge on any atom is -0.464 e. The van der Waals surface area contributed by atoms with Crippen molar-refractivity contribution in [2.45, 2.75) is 0 Å². The van der Waals surface area contributed by atoms with E-state index in [-0.39, 0.29) is 5.69 Å². The number of nitrogens with zero attached hydrogens (tertiary/aromatic N) is 3. The number of hydrogen-bond donors (Lipinski definition) is 0. The molecular weight excluding hydrogens is 206 g/mol. The molecule has 0 saturated carbocycles. The topological polar surface area (TPSA) is 65.0 Å². The van der Waals surface area contributed by atoms with Crippen LogP contribution in [0.5, 0.6) is 0 Å². The zero-order chi connectivity index (χ0) is 11.4. The molecule has 80 valence electrons. The third kappa shape index (κ3) is 2.03. The Morgan fingerprint density at radius 3 is 2.62 bits per heavy atom. The molecule has 2 heterocycles. The maximum absolute atomic E-state index is 11.3. The van der Waals surface area contributed by atoms with E-state index in [9.17, 15) is 4.79 Å². The second-order valence-electron chi connectivity index (χ2n) is 3.02. The number of rotatable bonds is 2. The lowest BCUT2D eigenvalue weighted by Gasteiger charge is -2.01. The maximum Gasteiger partial charge on any atom is 0.358 e. The monoisotopic (exact) mass is 215 g/mol. The van der Waals surface area contributed by atoms with E-state index in [1.165, 1.54) is 13.3 Å². The van der Waals surface area contributed by atoms with Crippen LogP contribution in [0.1, 0.15) is 10.5 Å². The van der Waals surface area contributed by atoms with Gasteiger partial charge in [0.2, 0.25) is 0 Å².